The Hall–Kier alpha value is -4.16. The molecule has 0 radical (unpaired) electrons. The number of phenolic OH excluding ortho intramolecular Hbond substituents is 1. The number of ether oxygens (including phenoxy) is 3. The first-order valence-electron chi connectivity index (χ1n) is 11.9. The smallest absolute Gasteiger partial charge is 0.270 e. The van der Waals surface area contributed by atoms with Crippen LogP contribution in [0.2, 0.25) is 0 Å². The Morgan fingerprint density at radius 3 is 2.26 bits per heavy atom. The lowest BCUT2D eigenvalue weighted by atomic mass is 10.0. The van der Waals surface area contributed by atoms with Gasteiger partial charge in [-0.15, -0.1) is 0 Å². The maximum atomic E-state index is 13.4. The number of aromatic nitrogens is 1. The molecule has 0 amide bonds. The average molecular weight is 541 g/mol. The zero-order valence-electron chi connectivity index (χ0n) is 21.1. The predicted molar refractivity (Wildman–Crippen MR) is 143 cm³/mol. The van der Waals surface area contributed by atoms with E-state index in [1.54, 1.807) is 30.3 Å². The molecule has 12 heteroatoms. The van der Waals surface area contributed by atoms with Crippen LogP contribution in [-0.4, -0.2) is 66.2 Å². The number of nitrogens with one attached hydrogen (secondary N) is 2. The van der Waals surface area contributed by atoms with Gasteiger partial charge in [0, 0.05) is 37.9 Å². The summed E-state index contributed by atoms with van der Waals surface area (Å²) < 4.78 is 50.9. The van der Waals surface area contributed by atoms with Crippen LogP contribution >= 0.6 is 0 Å². The van der Waals surface area contributed by atoms with Gasteiger partial charge in [0.05, 0.1) is 21.3 Å². The largest absolute Gasteiger partial charge is 0.508 e. The van der Waals surface area contributed by atoms with Gasteiger partial charge in [0.1, 0.15) is 28.4 Å². The molecule has 3 aromatic carbocycles. The summed E-state index contributed by atoms with van der Waals surface area (Å²) in [5.41, 5.74) is 2.66. The minimum atomic E-state index is -4.19. The highest BCUT2D eigenvalue weighted by Gasteiger charge is 2.28. The van der Waals surface area contributed by atoms with Crippen LogP contribution in [0.25, 0.3) is 22.1 Å². The van der Waals surface area contributed by atoms with E-state index < -0.39 is 10.0 Å². The Labute approximate surface area is 219 Å². The molecule has 0 spiro atoms. The molecule has 1 aliphatic heterocycles. The normalized spacial score (nSPS) is 13.9. The maximum Gasteiger partial charge on any atom is 0.270 e. The van der Waals surface area contributed by atoms with Gasteiger partial charge in [0.15, 0.2) is 16.3 Å². The van der Waals surface area contributed by atoms with Crippen LogP contribution in [0.5, 0.6) is 23.0 Å². The second-order valence-corrected chi connectivity index (χ2v) is 10.3. The Kier molecular flexibility index (Phi) is 6.91. The summed E-state index contributed by atoms with van der Waals surface area (Å²) in [7, 11) is 0.0286. The molecule has 0 bridgehead atoms. The number of piperazine rings is 1. The van der Waals surface area contributed by atoms with Crippen LogP contribution in [0.1, 0.15) is 0 Å². The molecule has 200 valence electrons. The summed E-state index contributed by atoms with van der Waals surface area (Å²) in [5.74, 6) is 0.655. The highest BCUT2D eigenvalue weighted by Crippen LogP contribution is 2.40. The zero-order valence-corrected chi connectivity index (χ0v) is 22.0. The van der Waals surface area contributed by atoms with Gasteiger partial charge in [-0.2, -0.15) is 0 Å². The number of sulfonamides is 1. The van der Waals surface area contributed by atoms with E-state index in [1.807, 2.05) is 6.07 Å². The van der Waals surface area contributed by atoms with Gasteiger partial charge in [0.25, 0.3) is 10.0 Å². The molecule has 4 aromatic rings. The highest BCUT2D eigenvalue weighted by atomic mass is 32.2. The molecule has 2 heterocycles. The van der Waals surface area contributed by atoms with Crippen molar-refractivity contribution in [3.8, 4) is 34.1 Å². The fourth-order valence-electron chi connectivity index (χ4n) is 4.56. The summed E-state index contributed by atoms with van der Waals surface area (Å²) >= 11 is 0. The molecule has 0 atom stereocenters. The Morgan fingerprint density at radius 2 is 1.61 bits per heavy atom. The van der Waals surface area contributed by atoms with E-state index in [2.05, 4.69) is 20.1 Å². The second kappa shape index (κ2) is 10.3. The molecular formula is C26H28N4O7S. The molecule has 0 unspecified atom stereocenters. The molecule has 1 aliphatic rings. The van der Waals surface area contributed by atoms with Gasteiger partial charge in [-0.25, -0.2) is 8.42 Å². The molecule has 1 aromatic heterocycles. The molecule has 0 aliphatic carbocycles. The molecule has 3 N–H and O–H groups in total. The summed E-state index contributed by atoms with van der Waals surface area (Å²) in [6.07, 6.45) is 0. The van der Waals surface area contributed by atoms with Crippen LogP contribution in [-0.2, 0) is 10.0 Å². The SMILES string of the molecule is COc1cccc(OC)c1S(=O)(=O)Nc1noc2cc(-c3cc(O)cc(N4CCNCC4)c3)cc(OC)c12. The Morgan fingerprint density at radius 1 is 0.947 bits per heavy atom. The van der Waals surface area contributed by atoms with E-state index in [9.17, 15) is 13.5 Å². The number of methoxy groups -OCH3 is 3. The first-order valence-corrected chi connectivity index (χ1v) is 13.3. The summed E-state index contributed by atoms with van der Waals surface area (Å²) in [4.78, 5) is 2.03. The lowest BCUT2D eigenvalue weighted by Crippen LogP contribution is -2.43. The van der Waals surface area contributed by atoms with Crippen molar-refractivity contribution in [1.82, 2.24) is 10.5 Å². The predicted octanol–water partition coefficient (Wildman–Crippen LogP) is 3.44. The third-order valence-electron chi connectivity index (χ3n) is 6.36. The Balaban J connectivity index is 1.55. The minimum Gasteiger partial charge on any atom is -0.508 e. The highest BCUT2D eigenvalue weighted by molar-refractivity contribution is 7.93. The van der Waals surface area contributed by atoms with Gasteiger partial charge in [-0.05, 0) is 47.5 Å². The zero-order chi connectivity index (χ0) is 26.9. The van der Waals surface area contributed by atoms with Crippen molar-refractivity contribution in [2.24, 2.45) is 0 Å². The fraction of sp³-hybridized carbons (Fsp3) is 0.269. The monoisotopic (exact) mass is 540 g/mol. The number of fused-ring (bicyclic) bond motifs is 1. The van der Waals surface area contributed by atoms with E-state index in [1.165, 1.54) is 33.5 Å². The molecule has 38 heavy (non-hydrogen) atoms. The van der Waals surface area contributed by atoms with Crippen LogP contribution in [0.15, 0.2) is 57.9 Å². The number of hydrogen-bond acceptors (Lipinski definition) is 10. The van der Waals surface area contributed by atoms with E-state index in [4.69, 9.17) is 18.7 Å². The van der Waals surface area contributed by atoms with Gasteiger partial charge >= 0.3 is 0 Å². The van der Waals surface area contributed by atoms with Crippen molar-refractivity contribution in [1.29, 1.82) is 0 Å². The number of hydrogen-bond donors (Lipinski definition) is 3. The van der Waals surface area contributed by atoms with E-state index in [0.29, 0.717) is 22.3 Å². The molecule has 1 saturated heterocycles. The van der Waals surface area contributed by atoms with Crippen LogP contribution < -0.4 is 29.1 Å². The summed E-state index contributed by atoms with van der Waals surface area (Å²) in [6.45, 7) is 3.38. The van der Waals surface area contributed by atoms with Crippen molar-refractivity contribution in [2.45, 2.75) is 4.90 Å². The van der Waals surface area contributed by atoms with Crippen LogP contribution in [0, 0.1) is 0 Å². The summed E-state index contributed by atoms with van der Waals surface area (Å²) in [6, 6.07) is 13.5. The first kappa shape index (κ1) is 25.5. The number of rotatable bonds is 8. The number of nitrogens with zero attached hydrogens (tertiary/aromatic N) is 2. The van der Waals surface area contributed by atoms with Gasteiger partial charge in [0.2, 0.25) is 0 Å². The lowest BCUT2D eigenvalue weighted by Gasteiger charge is -2.30. The second-order valence-electron chi connectivity index (χ2n) is 8.66. The van der Waals surface area contributed by atoms with Gasteiger partial charge in [-0.3, -0.25) is 4.72 Å². The number of aromatic hydroxyl groups is 1. The quantitative estimate of drug-likeness (QED) is 0.305. The molecule has 0 saturated carbocycles. The van der Waals surface area contributed by atoms with Crippen molar-refractivity contribution in [2.75, 3.05) is 57.1 Å². The van der Waals surface area contributed by atoms with Crippen LogP contribution in [0.3, 0.4) is 0 Å². The topological polar surface area (TPSA) is 135 Å². The number of anilines is 2. The lowest BCUT2D eigenvalue weighted by molar-refractivity contribution is 0.373. The standard InChI is InChI=1S/C26H28N4O7S/c1-34-20-5-4-6-21(35-2)25(20)38(32,33)29-26-24-22(36-3)13-17(14-23(24)37-28-26)16-11-18(15-19(31)12-16)30-9-7-27-8-10-30/h4-6,11-15,27,31H,7-10H2,1-3H3,(H,28,29). The number of phenols is 1. The van der Waals surface area contributed by atoms with Gasteiger partial charge < -0.3 is 34.1 Å². The fourth-order valence-corrected chi connectivity index (χ4v) is 5.89. The first-order chi connectivity index (χ1) is 18.3. The molecular weight excluding hydrogens is 512 g/mol. The van der Waals surface area contributed by atoms with Crippen molar-refractivity contribution >= 4 is 32.5 Å². The minimum absolute atomic E-state index is 0.0474. The molecule has 1 fully saturated rings. The third kappa shape index (κ3) is 4.75. The average Bonchev–Trinajstić information content (AvgIpc) is 3.34. The molecule has 5 rings (SSSR count). The third-order valence-corrected chi connectivity index (χ3v) is 7.76. The maximum absolute atomic E-state index is 13.4. The Bertz CT molecular complexity index is 1560. The van der Waals surface area contributed by atoms with E-state index in [-0.39, 0.29) is 28.0 Å². The van der Waals surface area contributed by atoms with Crippen LogP contribution in [0.4, 0.5) is 11.5 Å². The van der Waals surface area contributed by atoms with Crippen molar-refractivity contribution in [3.63, 3.8) is 0 Å². The van der Waals surface area contributed by atoms with Gasteiger partial charge in [-0.1, -0.05) is 11.2 Å². The van der Waals surface area contributed by atoms with E-state index in [0.717, 1.165) is 37.4 Å². The number of benzene rings is 3. The van der Waals surface area contributed by atoms with Crippen molar-refractivity contribution in [3.05, 3.63) is 48.5 Å². The van der Waals surface area contributed by atoms with Crippen molar-refractivity contribution < 1.29 is 32.3 Å². The molecule has 11 nitrogen and oxygen atoms in total. The van der Waals surface area contributed by atoms with E-state index >= 15 is 0 Å². The summed E-state index contributed by atoms with van der Waals surface area (Å²) in [5, 5.41) is 18.1.